The zero-order chi connectivity index (χ0) is 23.1. The minimum atomic E-state index is -4.04. The molecular weight excluding hydrogens is 450 g/mol. The summed E-state index contributed by atoms with van der Waals surface area (Å²) in [6.45, 7) is 1.46. The molecule has 6 nitrogen and oxygen atoms in total. The molecule has 8 heteroatoms. The van der Waals surface area contributed by atoms with Gasteiger partial charge in [-0.1, -0.05) is 35.7 Å². The van der Waals surface area contributed by atoms with Gasteiger partial charge in [-0.05, 0) is 61.2 Å². The number of halogens is 1. The molecule has 164 valence electrons. The van der Waals surface area contributed by atoms with Gasteiger partial charge in [-0.3, -0.25) is 9.35 Å². The van der Waals surface area contributed by atoms with Crippen LogP contribution < -0.4 is 4.74 Å². The van der Waals surface area contributed by atoms with Crippen LogP contribution in [0.5, 0.6) is 5.75 Å². The molecule has 0 atom stereocenters. The fraction of sp³-hybridized carbons (Fsp3) is 0.167. The van der Waals surface area contributed by atoms with Gasteiger partial charge in [0.25, 0.3) is 10.1 Å². The molecule has 1 aromatic heterocycles. The first-order valence-electron chi connectivity index (χ1n) is 9.68. The molecule has 0 aliphatic carbocycles. The summed E-state index contributed by atoms with van der Waals surface area (Å²) in [6.07, 6.45) is 1.84. The van der Waals surface area contributed by atoms with Crippen molar-refractivity contribution in [3.05, 3.63) is 82.6 Å². The predicted molar refractivity (Wildman–Crippen MR) is 124 cm³/mol. The number of benzene rings is 2. The molecule has 32 heavy (non-hydrogen) atoms. The monoisotopic (exact) mass is 469 g/mol. The minimum Gasteiger partial charge on any atom is -0.493 e. The van der Waals surface area contributed by atoms with E-state index in [1.165, 1.54) is 6.92 Å². The standard InChI is InChI=1S/C24H20ClNO5S/c1-17(27)23-15-18(4-12-24(23)31-13-2-14-32(28,29)30)3-10-22-11-7-20(16-26-22)19-5-8-21(25)9-6-19/h4-9,11-12,15-16H,2,13-14H2,1H3,(H,28,29,30). The van der Waals surface area contributed by atoms with Crippen LogP contribution in [0.25, 0.3) is 11.1 Å². The van der Waals surface area contributed by atoms with Crippen molar-refractivity contribution >= 4 is 27.5 Å². The van der Waals surface area contributed by atoms with Crippen LogP contribution in [0.2, 0.25) is 5.02 Å². The van der Waals surface area contributed by atoms with E-state index >= 15 is 0 Å². The highest BCUT2D eigenvalue weighted by atomic mass is 35.5. The van der Waals surface area contributed by atoms with E-state index in [0.717, 1.165) is 11.1 Å². The molecule has 0 spiro atoms. The van der Waals surface area contributed by atoms with Crippen LogP contribution in [-0.4, -0.2) is 36.1 Å². The first-order chi connectivity index (χ1) is 15.2. The number of rotatable bonds is 7. The van der Waals surface area contributed by atoms with E-state index in [1.807, 2.05) is 36.4 Å². The van der Waals surface area contributed by atoms with Crippen LogP contribution >= 0.6 is 11.6 Å². The molecule has 2 aromatic carbocycles. The number of nitrogens with zero attached hydrogens (tertiary/aromatic N) is 1. The van der Waals surface area contributed by atoms with Gasteiger partial charge in [0.2, 0.25) is 0 Å². The van der Waals surface area contributed by atoms with E-state index < -0.39 is 15.9 Å². The number of pyridine rings is 1. The molecule has 3 rings (SSSR count). The summed E-state index contributed by atoms with van der Waals surface area (Å²) in [5, 5.41) is 0.670. The third kappa shape index (κ3) is 6.92. The van der Waals surface area contributed by atoms with Crippen molar-refractivity contribution in [1.29, 1.82) is 0 Å². The second-order valence-corrected chi connectivity index (χ2v) is 8.95. The van der Waals surface area contributed by atoms with Crippen molar-refractivity contribution in [2.24, 2.45) is 0 Å². The molecule has 0 aliphatic rings. The Morgan fingerprint density at radius 2 is 1.78 bits per heavy atom. The lowest BCUT2D eigenvalue weighted by atomic mass is 10.1. The van der Waals surface area contributed by atoms with Gasteiger partial charge in [-0.15, -0.1) is 0 Å². The smallest absolute Gasteiger partial charge is 0.264 e. The van der Waals surface area contributed by atoms with Crippen molar-refractivity contribution in [2.45, 2.75) is 13.3 Å². The van der Waals surface area contributed by atoms with Gasteiger partial charge >= 0.3 is 0 Å². The Kier molecular flexibility index (Phi) is 7.65. The van der Waals surface area contributed by atoms with Crippen molar-refractivity contribution in [2.75, 3.05) is 12.4 Å². The van der Waals surface area contributed by atoms with Gasteiger partial charge < -0.3 is 4.74 Å². The van der Waals surface area contributed by atoms with Crippen molar-refractivity contribution in [3.8, 4) is 28.7 Å². The van der Waals surface area contributed by atoms with Gasteiger partial charge in [0.1, 0.15) is 11.4 Å². The molecule has 0 fully saturated rings. The summed E-state index contributed by atoms with van der Waals surface area (Å²) in [5.41, 5.74) is 3.48. The van der Waals surface area contributed by atoms with E-state index in [1.54, 1.807) is 24.4 Å². The fourth-order valence-electron chi connectivity index (χ4n) is 2.85. The van der Waals surface area contributed by atoms with Crippen LogP contribution in [0, 0.1) is 11.8 Å². The molecule has 0 aliphatic heterocycles. The summed E-state index contributed by atoms with van der Waals surface area (Å²) >= 11 is 5.92. The Morgan fingerprint density at radius 3 is 2.41 bits per heavy atom. The molecular formula is C24H20ClNO5S. The second kappa shape index (κ2) is 10.4. The van der Waals surface area contributed by atoms with E-state index in [9.17, 15) is 13.2 Å². The molecule has 0 amide bonds. The van der Waals surface area contributed by atoms with Crippen molar-refractivity contribution in [3.63, 3.8) is 0 Å². The van der Waals surface area contributed by atoms with Gasteiger partial charge in [0.05, 0.1) is 17.9 Å². The predicted octanol–water partition coefficient (Wildman–Crippen LogP) is 4.66. The van der Waals surface area contributed by atoms with E-state index in [2.05, 4.69) is 16.8 Å². The lowest BCUT2D eigenvalue weighted by Crippen LogP contribution is -2.10. The van der Waals surface area contributed by atoms with E-state index in [0.29, 0.717) is 27.6 Å². The maximum atomic E-state index is 12.0. The van der Waals surface area contributed by atoms with Gasteiger partial charge in [0.15, 0.2) is 5.78 Å². The number of ether oxygens (including phenoxy) is 1. The zero-order valence-corrected chi connectivity index (χ0v) is 18.8. The summed E-state index contributed by atoms with van der Waals surface area (Å²) in [6, 6.07) is 16.2. The Balaban J connectivity index is 1.71. The summed E-state index contributed by atoms with van der Waals surface area (Å²) in [5.74, 6) is 5.69. The molecule has 0 unspecified atom stereocenters. The highest BCUT2D eigenvalue weighted by Crippen LogP contribution is 2.22. The fourth-order valence-corrected chi connectivity index (χ4v) is 3.46. The Morgan fingerprint density at radius 1 is 1.06 bits per heavy atom. The number of aromatic nitrogens is 1. The maximum absolute atomic E-state index is 12.0. The van der Waals surface area contributed by atoms with Crippen LogP contribution in [0.1, 0.15) is 35.0 Å². The molecule has 3 aromatic rings. The normalized spacial score (nSPS) is 10.8. The zero-order valence-electron chi connectivity index (χ0n) is 17.2. The van der Waals surface area contributed by atoms with Crippen LogP contribution in [0.15, 0.2) is 60.8 Å². The first kappa shape index (κ1) is 23.5. The number of ketones is 1. The number of carbonyl (C=O) groups excluding carboxylic acids is 1. The Bertz CT molecular complexity index is 1270. The third-order valence-electron chi connectivity index (χ3n) is 4.44. The van der Waals surface area contributed by atoms with Crippen molar-refractivity contribution in [1.82, 2.24) is 4.98 Å². The second-order valence-electron chi connectivity index (χ2n) is 6.94. The highest BCUT2D eigenvalue weighted by Gasteiger charge is 2.10. The molecule has 1 N–H and O–H groups in total. The summed E-state index contributed by atoms with van der Waals surface area (Å²) < 4.78 is 35.8. The van der Waals surface area contributed by atoms with Gasteiger partial charge in [-0.2, -0.15) is 8.42 Å². The number of Topliss-reactive ketones (excluding diaryl/α,β-unsaturated/α-hetero) is 1. The summed E-state index contributed by atoms with van der Waals surface area (Å²) in [7, 11) is -4.04. The van der Waals surface area contributed by atoms with Crippen LogP contribution in [-0.2, 0) is 10.1 Å². The molecule has 0 saturated heterocycles. The maximum Gasteiger partial charge on any atom is 0.264 e. The highest BCUT2D eigenvalue weighted by molar-refractivity contribution is 7.85. The molecule has 0 bridgehead atoms. The largest absolute Gasteiger partial charge is 0.493 e. The van der Waals surface area contributed by atoms with E-state index in [4.69, 9.17) is 20.9 Å². The number of hydrogen-bond donors (Lipinski definition) is 1. The first-order valence-corrected chi connectivity index (χ1v) is 11.7. The van der Waals surface area contributed by atoms with Crippen LogP contribution in [0.3, 0.4) is 0 Å². The average Bonchev–Trinajstić information content (AvgIpc) is 2.76. The lowest BCUT2D eigenvalue weighted by molar-refractivity contribution is 0.101. The molecule has 0 radical (unpaired) electrons. The topological polar surface area (TPSA) is 93.6 Å². The van der Waals surface area contributed by atoms with E-state index in [-0.39, 0.29) is 18.8 Å². The Labute approximate surface area is 192 Å². The SMILES string of the molecule is CC(=O)c1cc(C#Cc2ccc(-c3ccc(Cl)cc3)cn2)ccc1OCCCS(=O)(=O)O. The quantitative estimate of drug-likeness (QED) is 0.234. The third-order valence-corrected chi connectivity index (χ3v) is 5.50. The number of hydrogen-bond acceptors (Lipinski definition) is 5. The van der Waals surface area contributed by atoms with Gasteiger partial charge in [0, 0.05) is 22.3 Å². The summed E-state index contributed by atoms with van der Waals surface area (Å²) in [4.78, 5) is 16.4. The van der Waals surface area contributed by atoms with Gasteiger partial charge in [-0.25, -0.2) is 4.98 Å². The average molecular weight is 470 g/mol. The van der Waals surface area contributed by atoms with Crippen molar-refractivity contribution < 1.29 is 22.5 Å². The molecule has 1 heterocycles. The number of carbonyl (C=O) groups is 1. The van der Waals surface area contributed by atoms with Crippen LogP contribution in [0.4, 0.5) is 0 Å². The Hall–Kier alpha value is -3.18. The molecule has 0 saturated carbocycles. The minimum absolute atomic E-state index is 0.0506. The lowest BCUT2D eigenvalue weighted by Gasteiger charge is -2.10.